The highest BCUT2D eigenvalue weighted by Crippen LogP contribution is 2.57. The zero-order chi connectivity index (χ0) is 17.0. The van der Waals surface area contributed by atoms with Crippen molar-refractivity contribution in [2.75, 3.05) is 12.4 Å². The highest BCUT2D eigenvalue weighted by molar-refractivity contribution is 8.03. The summed E-state index contributed by atoms with van der Waals surface area (Å²) >= 11 is 1.63. The number of sulfone groups is 1. The maximum Gasteiger partial charge on any atom is 0.344 e. The van der Waals surface area contributed by atoms with E-state index in [9.17, 15) is 18.0 Å². The predicted octanol–water partition coefficient (Wildman–Crippen LogP) is 1.18. The third-order valence-electron chi connectivity index (χ3n) is 5.28. The van der Waals surface area contributed by atoms with E-state index in [4.69, 9.17) is 9.47 Å². The minimum absolute atomic E-state index is 0.0546. The number of hydrogen-bond donors (Lipinski definition) is 0. The van der Waals surface area contributed by atoms with Crippen LogP contribution in [0.25, 0.3) is 0 Å². The Balaban J connectivity index is 1.55. The Morgan fingerprint density at radius 3 is 2.65 bits per heavy atom. The second-order valence-electron chi connectivity index (χ2n) is 7.17. The van der Waals surface area contributed by atoms with Gasteiger partial charge in [-0.05, 0) is 26.7 Å². The smallest absolute Gasteiger partial charge is 0.344 e. The summed E-state index contributed by atoms with van der Waals surface area (Å²) in [5, 5.41) is -0.149. The number of carbonyl (C=O) groups excluding carboxylic acids is 2. The van der Waals surface area contributed by atoms with Crippen LogP contribution in [-0.2, 0) is 28.9 Å². The number of esters is 2. The zero-order valence-corrected chi connectivity index (χ0v) is 15.1. The van der Waals surface area contributed by atoms with Gasteiger partial charge in [-0.25, -0.2) is 13.2 Å². The first-order chi connectivity index (χ1) is 10.7. The molecule has 3 aliphatic heterocycles. The Morgan fingerprint density at radius 1 is 1.30 bits per heavy atom. The van der Waals surface area contributed by atoms with E-state index in [-0.39, 0.29) is 33.5 Å². The third kappa shape index (κ3) is 2.88. The van der Waals surface area contributed by atoms with Crippen molar-refractivity contribution in [1.29, 1.82) is 0 Å². The van der Waals surface area contributed by atoms with E-state index in [0.29, 0.717) is 12.8 Å². The van der Waals surface area contributed by atoms with Crippen molar-refractivity contribution in [2.24, 2.45) is 11.3 Å². The molecule has 3 fully saturated rings. The summed E-state index contributed by atoms with van der Waals surface area (Å²) in [6, 6.07) is 0. The molecule has 0 amide bonds. The van der Waals surface area contributed by atoms with Gasteiger partial charge in [0.05, 0.1) is 16.4 Å². The Bertz CT molecular complexity index is 626. The SMILES string of the molecule is CCC(C)(C)C(=O)OCC(=O)OC1C2CC3C(S2)C1CS3(=O)=O. The van der Waals surface area contributed by atoms with Crippen molar-refractivity contribution < 1.29 is 27.5 Å². The summed E-state index contributed by atoms with van der Waals surface area (Å²) in [7, 11) is -3.05. The quantitative estimate of drug-likeness (QED) is 0.679. The highest BCUT2D eigenvalue weighted by atomic mass is 32.2. The summed E-state index contributed by atoms with van der Waals surface area (Å²) < 4.78 is 34.6. The number of hydrogen-bond acceptors (Lipinski definition) is 7. The summed E-state index contributed by atoms with van der Waals surface area (Å²) in [4.78, 5) is 23.8. The number of rotatable bonds is 5. The molecule has 6 nitrogen and oxygen atoms in total. The van der Waals surface area contributed by atoms with Gasteiger partial charge in [-0.15, -0.1) is 11.8 Å². The maximum absolute atomic E-state index is 12.0. The lowest BCUT2D eigenvalue weighted by molar-refractivity contribution is -0.168. The molecular formula is C15H22O6S2. The lowest BCUT2D eigenvalue weighted by Crippen LogP contribution is -2.39. The minimum Gasteiger partial charge on any atom is -0.458 e. The molecule has 0 aromatic carbocycles. The first kappa shape index (κ1) is 17.1. The molecule has 3 saturated heterocycles. The minimum atomic E-state index is -3.05. The first-order valence-electron chi connectivity index (χ1n) is 7.89. The number of carbonyl (C=O) groups is 2. The van der Waals surface area contributed by atoms with Gasteiger partial charge in [-0.2, -0.15) is 0 Å². The van der Waals surface area contributed by atoms with Crippen molar-refractivity contribution in [2.45, 2.75) is 55.5 Å². The van der Waals surface area contributed by atoms with E-state index in [0.717, 1.165) is 0 Å². The number of fused-ring (bicyclic) bond motifs is 1. The van der Waals surface area contributed by atoms with Crippen LogP contribution in [0.1, 0.15) is 33.6 Å². The van der Waals surface area contributed by atoms with E-state index in [1.807, 2.05) is 6.92 Å². The van der Waals surface area contributed by atoms with Gasteiger partial charge in [0.2, 0.25) is 0 Å². The highest BCUT2D eigenvalue weighted by Gasteiger charge is 2.64. The van der Waals surface area contributed by atoms with E-state index in [1.165, 1.54) is 0 Å². The van der Waals surface area contributed by atoms with Gasteiger partial charge >= 0.3 is 11.9 Å². The fourth-order valence-electron chi connectivity index (χ4n) is 3.50. The molecule has 5 atom stereocenters. The van der Waals surface area contributed by atoms with Crippen LogP contribution in [0.4, 0.5) is 0 Å². The van der Waals surface area contributed by atoms with Gasteiger partial charge in [0, 0.05) is 16.4 Å². The molecule has 0 aromatic heterocycles. The van der Waals surface area contributed by atoms with Crippen LogP contribution >= 0.6 is 11.8 Å². The van der Waals surface area contributed by atoms with Crippen molar-refractivity contribution >= 4 is 33.5 Å². The maximum atomic E-state index is 12.0. The second kappa shape index (κ2) is 5.65. The number of ether oxygens (including phenoxy) is 2. The molecule has 0 N–H and O–H groups in total. The molecule has 0 spiro atoms. The monoisotopic (exact) mass is 362 g/mol. The van der Waals surface area contributed by atoms with Gasteiger partial charge in [0.15, 0.2) is 16.4 Å². The molecule has 0 radical (unpaired) electrons. The van der Waals surface area contributed by atoms with Crippen LogP contribution in [0.15, 0.2) is 0 Å². The van der Waals surface area contributed by atoms with Crippen LogP contribution in [0.5, 0.6) is 0 Å². The van der Waals surface area contributed by atoms with Gasteiger partial charge in [0.1, 0.15) is 6.10 Å². The van der Waals surface area contributed by atoms with Gasteiger partial charge < -0.3 is 9.47 Å². The lowest BCUT2D eigenvalue weighted by Gasteiger charge is -2.25. The Hall–Kier alpha value is -0.760. The largest absolute Gasteiger partial charge is 0.458 e. The number of thioether (sulfide) groups is 1. The van der Waals surface area contributed by atoms with Crippen LogP contribution in [-0.4, -0.2) is 54.6 Å². The molecular weight excluding hydrogens is 340 g/mol. The van der Waals surface area contributed by atoms with Gasteiger partial charge in [-0.1, -0.05) is 6.92 Å². The van der Waals surface area contributed by atoms with Crippen molar-refractivity contribution in [3.05, 3.63) is 0 Å². The third-order valence-corrected chi connectivity index (χ3v) is 9.52. The molecule has 130 valence electrons. The molecule has 23 heavy (non-hydrogen) atoms. The summed E-state index contributed by atoms with van der Waals surface area (Å²) in [5.41, 5.74) is -0.630. The molecule has 3 aliphatic rings. The van der Waals surface area contributed by atoms with Crippen LogP contribution in [0, 0.1) is 11.3 Å². The molecule has 5 unspecified atom stereocenters. The molecule has 3 rings (SSSR count). The average molecular weight is 362 g/mol. The molecule has 0 aromatic rings. The molecule has 0 saturated carbocycles. The lowest BCUT2D eigenvalue weighted by atomic mass is 9.88. The summed E-state index contributed by atoms with van der Waals surface area (Å²) in [5.74, 6) is -1.03. The first-order valence-corrected chi connectivity index (χ1v) is 10.6. The van der Waals surface area contributed by atoms with E-state index >= 15 is 0 Å². The van der Waals surface area contributed by atoms with E-state index < -0.39 is 33.8 Å². The topological polar surface area (TPSA) is 86.7 Å². The van der Waals surface area contributed by atoms with Crippen LogP contribution in [0.2, 0.25) is 0 Å². The van der Waals surface area contributed by atoms with Gasteiger partial charge in [-0.3, -0.25) is 4.79 Å². The molecule has 0 aliphatic carbocycles. The fraction of sp³-hybridized carbons (Fsp3) is 0.867. The van der Waals surface area contributed by atoms with E-state index in [2.05, 4.69) is 0 Å². The average Bonchev–Trinajstić information content (AvgIpc) is 3.08. The second-order valence-corrected chi connectivity index (χ2v) is 10.9. The Morgan fingerprint density at radius 2 is 2.00 bits per heavy atom. The van der Waals surface area contributed by atoms with Crippen molar-refractivity contribution in [3.8, 4) is 0 Å². The van der Waals surface area contributed by atoms with Gasteiger partial charge in [0.25, 0.3) is 0 Å². The standard InChI is InChI=1S/C15H22O6S2/c1-4-15(2,3)14(17)20-6-11(16)21-12-8-7-23(18,19)10-5-9(12)22-13(8)10/h8-10,12-13H,4-7H2,1-3H3. The predicted molar refractivity (Wildman–Crippen MR) is 85.8 cm³/mol. The Kier molecular flexibility index (Phi) is 4.20. The molecule has 3 heterocycles. The Labute approximate surface area is 140 Å². The molecule has 2 bridgehead atoms. The fourth-order valence-corrected chi connectivity index (χ4v) is 8.61. The van der Waals surface area contributed by atoms with Crippen molar-refractivity contribution in [1.82, 2.24) is 0 Å². The normalized spacial score (nSPS) is 36.9. The summed E-state index contributed by atoms with van der Waals surface area (Å²) in [6.07, 6.45) is 0.809. The molecule has 8 heteroatoms. The summed E-state index contributed by atoms with van der Waals surface area (Å²) in [6.45, 7) is 4.99. The van der Waals surface area contributed by atoms with Crippen LogP contribution < -0.4 is 0 Å². The van der Waals surface area contributed by atoms with E-state index in [1.54, 1.807) is 25.6 Å². The van der Waals surface area contributed by atoms with Crippen LogP contribution in [0.3, 0.4) is 0 Å². The van der Waals surface area contributed by atoms with Crippen molar-refractivity contribution in [3.63, 3.8) is 0 Å². The zero-order valence-electron chi connectivity index (χ0n) is 13.5.